The van der Waals surface area contributed by atoms with Crippen LogP contribution in [-0.4, -0.2) is 23.1 Å². The number of anilines is 1. The Kier molecular flexibility index (Phi) is 3.54. The number of rotatable bonds is 4. The largest absolute Gasteiger partial charge is 0.318 e. The summed E-state index contributed by atoms with van der Waals surface area (Å²) >= 11 is 3.16. The van der Waals surface area contributed by atoms with Crippen molar-refractivity contribution in [2.75, 3.05) is 11.2 Å². The van der Waals surface area contributed by atoms with Gasteiger partial charge in [0.05, 0.1) is 11.1 Å². The molecule has 0 radical (unpaired) electrons. The van der Waals surface area contributed by atoms with Crippen LogP contribution >= 0.6 is 23.1 Å². The van der Waals surface area contributed by atoms with Crippen LogP contribution in [0.5, 0.6) is 0 Å². The first-order valence-electron chi connectivity index (χ1n) is 7.39. The van der Waals surface area contributed by atoms with Crippen LogP contribution in [0, 0.1) is 0 Å². The average molecular weight is 328 g/mol. The Morgan fingerprint density at radius 2 is 2.36 bits per heavy atom. The second-order valence-electron chi connectivity index (χ2n) is 5.57. The third-order valence-electron chi connectivity index (χ3n) is 4.25. The van der Waals surface area contributed by atoms with Crippen molar-refractivity contribution >= 4 is 34.0 Å². The maximum Gasteiger partial charge on any atom is 0.204 e. The molecule has 0 amide bonds. The zero-order valence-corrected chi connectivity index (χ0v) is 13.9. The Morgan fingerprint density at radius 1 is 1.45 bits per heavy atom. The molecule has 0 spiro atoms. The van der Waals surface area contributed by atoms with Crippen molar-refractivity contribution in [3.63, 3.8) is 0 Å². The molecule has 0 saturated carbocycles. The lowest BCUT2D eigenvalue weighted by atomic mass is 9.88. The molecule has 3 nitrogen and oxygen atoms in total. The molecule has 112 valence electrons. The lowest BCUT2D eigenvalue weighted by Crippen LogP contribution is -2.47. The Hall–Kier alpha value is -1.59. The Balaban J connectivity index is 1.60. The molecule has 5 heteroatoms. The molecule has 1 aromatic heterocycles. The zero-order valence-electron chi connectivity index (χ0n) is 12.3. The van der Waals surface area contributed by atoms with Gasteiger partial charge in [0.25, 0.3) is 0 Å². The van der Waals surface area contributed by atoms with Crippen molar-refractivity contribution in [3.8, 4) is 0 Å². The summed E-state index contributed by atoms with van der Waals surface area (Å²) in [6.45, 7) is 0. The molecule has 3 heterocycles. The van der Waals surface area contributed by atoms with E-state index in [-0.39, 0.29) is 5.78 Å². The molecule has 2 aliphatic rings. The number of carbonyl (C=O) groups is 1. The fourth-order valence-electron chi connectivity index (χ4n) is 3.08. The Bertz CT molecular complexity index is 766. The van der Waals surface area contributed by atoms with Crippen LogP contribution in [0.25, 0.3) is 0 Å². The van der Waals surface area contributed by atoms with Crippen LogP contribution in [0.1, 0.15) is 34.5 Å². The molecular formula is C17H16N2OS2. The molecule has 0 aliphatic carbocycles. The summed E-state index contributed by atoms with van der Waals surface area (Å²) in [6.07, 6.45) is 9.58. The number of thiazole rings is 1. The van der Waals surface area contributed by atoms with Crippen molar-refractivity contribution in [2.45, 2.75) is 30.2 Å². The summed E-state index contributed by atoms with van der Waals surface area (Å²) in [5.41, 5.74) is 2.11. The van der Waals surface area contributed by atoms with E-state index in [2.05, 4.69) is 16.0 Å². The first-order chi connectivity index (χ1) is 10.8. The van der Waals surface area contributed by atoms with E-state index in [1.807, 2.05) is 30.5 Å². The SMILES string of the molecule is CSc1cccc(C(=O)c2cnc(N3C4=CCCC3C4)s2)c1. The number of carbonyl (C=O) groups excluding carboxylic acids is 1. The van der Waals surface area contributed by atoms with E-state index in [1.54, 1.807) is 18.0 Å². The van der Waals surface area contributed by atoms with Gasteiger partial charge in [-0.2, -0.15) is 0 Å². The summed E-state index contributed by atoms with van der Waals surface area (Å²) in [5, 5.41) is 0.964. The van der Waals surface area contributed by atoms with Gasteiger partial charge in [0, 0.05) is 28.6 Å². The van der Waals surface area contributed by atoms with Gasteiger partial charge in [0.2, 0.25) is 5.78 Å². The highest BCUT2D eigenvalue weighted by molar-refractivity contribution is 7.98. The first-order valence-corrected chi connectivity index (χ1v) is 9.43. The lowest BCUT2D eigenvalue weighted by molar-refractivity contribution is 0.104. The van der Waals surface area contributed by atoms with Crippen molar-refractivity contribution in [3.05, 3.63) is 52.7 Å². The standard InChI is InChI=1S/C17H16N2OS2/c1-21-14-7-2-4-11(8-14)16(20)15-10-18-17(22-15)19-12-5-3-6-13(19)9-12/h2,4-5,7-8,10,13H,3,6,9H2,1H3. The number of benzene rings is 1. The van der Waals surface area contributed by atoms with Gasteiger partial charge in [-0.25, -0.2) is 4.98 Å². The molecular weight excluding hydrogens is 312 g/mol. The third kappa shape index (κ3) is 2.29. The van der Waals surface area contributed by atoms with Crippen LogP contribution in [0.15, 0.2) is 47.1 Å². The zero-order chi connectivity index (χ0) is 15.1. The Labute approximate surface area is 138 Å². The van der Waals surface area contributed by atoms with E-state index in [0.717, 1.165) is 20.5 Å². The van der Waals surface area contributed by atoms with Crippen LogP contribution in [0.3, 0.4) is 0 Å². The summed E-state index contributed by atoms with van der Waals surface area (Å²) in [4.78, 5) is 21.2. The average Bonchev–Trinajstić information content (AvgIpc) is 3.04. The van der Waals surface area contributed by atoms with E-state index < -0.39 is 0 Å². The van der Waals surface area contributed by atoms with E-state index in [1.165, 1.54) is 36.3 Å². The van der Waals surface area contributed by atoms with Gasteiger partial charge in [-0.05, 0) is 31.2 Å². The predicted octanol–water partition coefficient (Wildman–Crippen LogP) is 4.35. The summed E-state index contributed by atoms with van der Waals surface area (Å²) in [5.74, 6) is 0.0688. The molecule has 2 bridgehead atoms. The fraction of sp³-hybridized carbons (Fsp3) is 0.294. The highest BCUT2D eigenvalue weighted by Gasteiger charge is 2.37. The molecule has 1 saturated heterocycles. The van der Waals surface area contributed by atoms with Gasteiger partial charge in [-0.3, -0.25) is 4.79 Å². The number of hydrogen-bond donors (Lipinski definition) is 0. The molecule has 1 aromatic carbocycles. The highest BCUT2D eigenvalue weighted by atomic mass is 32.2. The smallest absolute Gasteiger partial charge is 0.204 e. The first kappa shape index (κ1) is 14.0. The normalized spacial score (nSPS) is 19.6. The minimum Gasteiger partial charge on any atom is -0.318 e. The molecule has 2 aliphatic heterocycles. The maximum atomic E-state index is 12.6. The van der Waals surface area contributed by atoms with Crippen LogP contribution in [-0.2, 0) is 0 Å². The topological polar surface area (TPSA) is 33.2 Å². The molecule has 2 aromatic rings. The summed E-state index contributed by atoms with van der Waals surface area (Å²) in [6, 6.07) is 8.38. The van der Waals surface area contributed by atoms with Crippen molar-refractivity contribution in [1.82, 2.24) is 4.98 Å². The monoisotopic (exact) mass is 328 g/mol. The lowest BCUT2D eigenvalue weighted by Gasteiger charge is -2.46. The molecule has 22 heavy (non-hydrogen) atoms. The van der Waals surface area contributed by atoms with Crippen LogP contribution in [0.4, 0.5) is 5.13 Å². The van der Waals surface area contributed by atoms with Crippen LogP contribution < -0.4 is 4.90 Å². The Morgan fingerprint density at radius 3 is 3.09 bits per heavy atom. The van der Waals surface area contributed by atoms with E-state index in [9.17, 15) is 4.79 Å². The number of allylic oxidation sites excluding steroid dienone is 1. The fourth-order valence-corrected chi connectivity index (χ4v) is 4.52. The molecule has 1 unspecified atom stereocenters. The number of thioether (sulfide) groups is 1. The van der Waals surface area contributed by atoms with E-state index in [0.29, 0.717) is 6.04 Å². The van der Waals surface area contributed by atoms with Crippen LogP contribution in [0.2, 0.25) is 0 Å². The van der Waals surface area contributed by atoms with E-state index >= 15 is 0 Å². The van der Waals surface area contributed by atoms with Gasteiger partial charge in [-0.15, -0.1) is 11.8 Å². The van der Waals surface area contributed by atoms with E-state index in [4.69, 9.17) is 0 Å². The number of hydrogen-bond acceptors (Lipinski definition) is 5. The predicted molar refractivity (Wildman–Crippen MR) is 92.0 cm³/mol. The van der Waals surface area contributed by atoms with Gasteiger partial charge in [-0.1, -0.05) is 29.5 Å². The highest BCUT2D eigenvalue weighted by Crippen LogP contribution is 2.43. The maximum absolute atomic E-state index is 12.6. The van der Waals surface area contributed by atoms with Gasteiger partial charge < -0.3 is 4.90 Å². The summed E-state index contributed by atoms with van der Waals surface area (Å²) in [7, 11) is 0. The number of nitrogens with zero attached hydrogens (tertiary/aromatic N) is 2. The minimum atomic E-state index is 0.0688. The molecule has 1 atom stereocenters. The second-order valence-corrected chi connectivity index (χ2v) is 7.46. The number of fused-ring (bicyclic) bond motifs is 2. The van der Waals surface area contributed by atoms with Crippen molar-refractivity contribution < 1.29 is 4.79 Å². The molecule has 1 fully saturated rings. The number of aromatic nitrogens is 1. The van der Waals surface area contributed by atoms with Gasteiger partial charge >= 0.3 is 0 Å². The summed E-state index contributed by atoms with van der Waals surface area (Å²) < 4.78 is 0. The minimum absolute atomic E-state index is 0.0688. The van der Waals surface area contributed by atoms with Gasteiger partial charge in [0.15, 0.2) is 5.13 Å². The van der Waals surface area contributed by atoms with Gasteiger partial charge in [0.1, 0.15) is 0 Å². The molecule has 4 rings (SSSR count). The van der Waals surface area contributed by atoms with Crippen molar-refractivity contribution in [1.29, 1.82) is 0 Å². The second kappa shape index (κ2) is 5.56. The van der Waals surface area contributed by atoms with Crippen molar-refractivity contribution in [2.24, 2.45) is 0 Å². The number of ketones is 1. The quantitative estimate of drug-likeness (QED) is 0.617. The third-order valence-corrected chi connectivity index (χ3v) is 5.98. The molecule has 0 N–H and O–H groups in total.